The number of benzene rings is 1. The molecule has 0 saturated carbocycles. The summed E-state index contributed by atoms with van der Waals surface area (Å²) in [5.74, 6) is 1.20. The molecule has 0 bridgehead atoms. The third-order valence-corrected chi connectivity index (χ3v) is 2.10. The molecule has 1 aromatic heterocycles. The van der Waals surface area contributed by atoms with Crippen molar-refractivity contribution in [3.63, 3.8) is 0 Å². The first-order valence-electron chi connectivity index (χ1n) is 4.50. The van der Waals surface area contributed by atoms with Crippen LogP contribution in [0.5, 0.6) is 5.75 Å². The Bertz CT molecular complexity index is 453. The topological polar surface area (TPSA) is 60.2 Å². The van der Waals surface area contributed by atoms with E-state index in [1.165, 1.54) is 0 Å². The smallest absolute Gasteiger partial charge is 0.163 e. The van der Waals surface area contributed by atoms with Crippen LogP contribution in [0.2, 0.25) is 0 Å². The van der Waals surface area contributed by atoms with Crippen LogP contribution in [0.25, 0.3) is 5.69 Å². The Morgan fingerprint density at radius 2 is 2.20 bits per heavy atom. The molecular formula is C10H11N3O2. The van der Waals surface area contributed by atoms with E-state index in [0.717, 1.165) is 5.69 Å². The summed E-state index contributed by atoms with van der Waals surface area (Å²) in [7, 11) is 1.60. The molecule has 0 fully saturated rings. The van der Waals surface area contributed by atoms with Crippen LogP contribution in [0, 0.1) is 0 Å². The largest absolute Gasteiger partial charge is 0.495 e. The average Bonchev–Trinajstić information content (AvgIpc) is 2.76. The van der Waals surface area contributed by atoms with Gasteiger partial charge in [0.2, 0.25) is 0 Å². The lowest BCUT2D eigenvalue weighted by atomic mass is 10.3. The number of aliphatic hydroxyl groups excluding tert-OH is 1. The minimum atomic E-state index is -0.155. The number of ether oxygens (including phenoxy) is 1. The summed E-state index contributed by atoms with van der Waals surface area (Å²) in [6.07, 6.45) is 1.55. The molecule has 0 saturated heterocycles. The monoisotopic (exact) mass is 205 g/mol. The van der Waals surface area contributed by atoms with Crippen LogP contribution in [-0.4, -0.2) is 27.0 Å². The van der Waals surface area contributed by atoms with Gasteiger partial charge in [0.1, 0.15) is 18.7 Å². The van der Waals surface area contributed by atoms with Gasteiger partial charge in [0.05, 0.1) is 12.8 Å². The third-order valence-electron chi connectivity index (χ3n) is 2.10. The lowest BCUT2D eigenvalue weighted by molar-refractivity contribution is 0.268. The van der Waals surface area contributed by atoms with Crippen LogP contribution >= 0.6 is 0 Å². The summed E-state index contributed by atoms with van der Waals surface area (Å²) in [6.45, 7) is -0.155. The Hall–Kier alpha value is -1.88. The Kier molecular flexibility index (Phi) is 2.64. The zero-order chi connectivity index (χ0) is 10.7. The van der Waals surface area contributed by atoms with E-state index >= 15 is 0 Å². The molecule has 1 heterocycles. The molecule has 0 unspecified atom stereocenters. The molecule has 0 aliphatic heterocycles. The fraction of sp³-hybridized carbons (Fsp3) is 0.200. The number of rotatable bonds is 3. The molecule has 0 amide bonds. The van der Waals surface area contributed by atoms with Gasteiger partial charge in [-0.25, -0.2) is 0 Å². The fourth-order valence-electron chi connectivity index (χ4n) is 1.40. The van der Waals surface area contributed by atoms with Crippen molar-refractivity contribution in [2.45, 2.75) is 6.61 Å². The van der Waals surface area contributed by atoms with Gasteiger partial charge in [-0.2, -0.15) is 0 Å². The van der Waals surface area contributed by atoms with Crippen LogP contribution in [0.3, 0.4) is 0 Å². The Morgan fingerprint density at radius 1 is 1.40 bits per heavy atom. The molecule has 2 rings (SSSR count). The van der Waals surface area contributed by atoms with Crippen molar-refractivity contribution in [2.75, 3.05) is 7.11 Å². The second kappa shape index (κ2) is 4.10. The van der Waals surface area contributed by atoms with Crippen LogP contribution < -0.4 is 4.74 Å². The van der Waals surface area contributed by atoms with E-state index in [1.807, 2.05) is 24.3 Å². The second-order valence-electron chi connectivity index (χ2n) is 2.95. The van der Waals surface area contributed by atoms with Crippen LogP contribution in [0.1, 0.15) is 5.82 Å². The van der Waals surface area contributed by atoms with E-state index in [0.29, 0.717) is 11.6 Å². The number of hydrogen-bond acceptors (Lipinski definition) is 4. The maximum Gasteiger partial charge on any atom is 0.163 e. The van der Waals surface area contributed by atoms with E-state index in [9.17, 15) is 0 Å². The van der Waals surface area contributed by atoms with Crippen molar-refractivity contribution in [1.29, 1.82) is 0 Å². The van der Waals surface area contributed by atoms with Crippen LogP contribution in [0.4, 0.5) is 0 Å². The van der Waals surface area contributed by atoms with Crippen LogP contribution in [-0.2, 0) is 6.61 Å². The van der Waals surface area contributed by atoms with Crippen molar-refractivity contribution in [2.24, 2.45) is 0 Å². The molecule has 78 valence electrons. The summed E-state index contributed by atoms with van der Waals surface area (Å²) in [5, 5.41) is 16.6. The highest BCUT2D eigenvalue weighted by molar-refractivity contribution is 5.46. The quantitative estimate of drug-likeness (QED) is 0.804. The SMILES string of the molecule is COc1ccccc1-n1cnnc1CO. The van der Waals surface area contributed by atoms with E-state index < -0.39 is 0 Å². The fourth-order valence-corrected chi connectivity index (χ4v) is 1.40. The molecule has 0 aliphatic rings. The molecule has 0 radical (unpaired) electrons. The summed E-state index contributed by atoms with van der Waals surface area (Å²) in [5.41, 5.74) is 0.814. The Morgan fingerprint density at radius 3 is 2.93 bits per heavy atom. The zero-order valence-electron chi connectivity index (χ0n) is 8.29. The zero-order valence-corrected chi connectivity index (χ0v) is 8.29. The highest BCUT2D eigenvalue weighted by atomic mass is 16.5. The van der Waals surface area contributed by atoms with E-state index in [1.54, 1.807) is 18.0 Å². The van der Waals surface area contributed by atoms with Crippen molar-refractivity contribution in [3.8, 4) is 11.4 Å². The molecule has 2 aromatic rings. The maximum absolute atomic E-state index is 9.07. The van der Waals surface area contributed by atoms with Gasteiger partial charge in [-0.1, -0.05) is 12.1 Å². The van der Waals surface area contributed by atoms with Gasteiger partial charge in [0.15, 0.2) is 5.82 Å². The number of para-hydroxylation sites is 2. The number of methoxy groups -OCH3 is 1. The number of aliphatic hydroxyl groups is 1. The molecule has 0 spiro atoms. The Labute approximate surface area is 87.0 Å². The normalized spacial score (nSPS) is 10.3. The van der Waals surface area contributed by atoms with Crippen molar-refractivity contribution < 1.29 is 9.84 Å². The first kappa shape index (κ1) is 9.67. The first-order valence-corrected chi connectivity index (χ1v) is 4.50. The highest BCUT2D eigenvalue weighted by Gasteiger charge is 2.08. The number of nitrogens with zero attached hydrogens (tertiary/aromatic N) is 3. The lowest BCUT2D eigenvalue weighted by Crippen LogP contribution is -2.02. The summed E-state index contributed by atoms with van der Waals surface area (Å²) < 4.78 is 6.90. The summed E-state index contributed by atoms with van der Waals surface area (Å²) in [6, 6.07) is 7.49. The van der Waals surface area contributed by atoms with Crippen molar-refractivity contribution in [3.05, 3.63) is 36.4 Å². The molecule has 1 aromatic carbocycles. The number of hydrogen-bond donors (Lipinski definition) is 1. The van der Waals surface area contributed by atoms with E-state index in [-0.39, 0.29) is 6.61 Å². The second-order valence-corrected chi connectivity index (χ2v) is 2.95. The third kappa shape index (κ3) is 1.69. The molecule has 5 heteroatoms. The van der Waals surface area contributed by atoms with Gasteiger partial charge >= 0.3 is 0 Å². The molecule has 5 nitrogen and oxygen atoms in total. The number of aromatic nitrogens is 3. The van der Waals surface area contributed by atoms with Gasteiger partial charge in [0, 0.05) is 0 Å². The van der Waals surface area contributed by atoms with Gasteiger partial charge in [-0.3, -0.25) is 4.57 Å². The Balaban J connectivity index is 2.53. The standard InChI is InChI=1S/C10H11N3O2/c1-15-9-5-3-2-4-8(9)13-7-11-12-10(13)6-14/h2-5,7,14H,6H2,1H3. The average molecular weight is 205 g/mol. The molecule has 15 heavy (non-hydrogen) atoms. The molecule has 0 aliphatic carbocycles. The summed E-state index contributed by atoms with van der Waals surface area (Å²) >= 11 is 0. The molecule has 1 N–H and O–H groups in total. The van der Waals surface area contributed by atoms with Crippen LogP contribution in [0.15, 0.2) is 30.6 Å². The molecular weight excluding hydrogens is 194 g/mol. The van der Waals surface area contributed by atoms with Gasteiger partial charge < -0.3 is 9.84 Å². The van der Waals surface area contributed by atoms with Crippen molar-refractivity contribution in [1.82, 2.24) is 14.8 Å². The first-order chi connectivity index (χ1) is 7.36. The predicted molar refractivity (Wildman–Crippen MR) is 53.8 cm³/mol. The van der Waals surface area contributed by atoms with Crippen molar-refractivity contribution >= 4 is 0 Å². The minimum Gasteiger partial charge on any atom is -0.495 e. The maximum atomic E-state index is 9.07. The van der Waals surface area contributed by atoms with Gasteiger partial charge in [-0.05, 0) is 12.1 Å². The lowest BCUT2D eigenvalue weighted by Gasteiger charge is -2.09. The molecule has 0 atom stereocenters. The van der Waals surface area contributed by atoms with E-state index in [4.69, 9.17) is 9.84 Å². The highest BCUT2D eigenvalue weighted by Crippen LogP contribution is 2.22. The van der Waals surface area contributed by atoms with Gasteiger partial charge in [-0.15, -0.1) is 10.2 Å². The van der Waals surface area contributed by atoms with Gasteiger partial charge in [0.25, 0.3) is 0 Å². The predicted octanol–water partition coefficient (Wildman–Crippen LogP) is 0.768. The van der Waals surface area contributed by atoms with E-state index in [2.05, 4.69) is 10.2 Å². The summed E-state index contributed by atoms with van der Waals surface area (Å²) in [4.78, 5) is 0. The minimum absolute atomic E-state index is 0.155.